The molecule has 0 radical (unpaired) electrons. The van der Waals surface area contributed by atoms with Gasteiger partial charge < -0.3 is 20.0 Å². The monoisotopic (exact) mass is 487 g/mol. The average molecular weight is 487 g/mol. The molecular weight excluding hydrogens is 461 g/mol. The molecule has 3 rings (SSSR count). The van der Waals surface area contributed by atoms with Crippen LogP contribution in [0.3, 0.4) is 0 Å². The van der Waals surface area contributed by atoms with Crippen molar-refractivity contribution in [3.05, 3.63) is 18.7 Å². The second-order valence-corrected chi connectivity index (χ2v) is 6.49. The van der Waals surface area contributed by atoms with Crippen LogP contribution in [-0.2, 0) is 4.79 Å². The first kappa shape index (κ1) is 21.1. The van der Waals surface area contributed by atoms with Gasteiger partial charge in [0.2, 0.25) is 11.6 Å². The molecule has 1 aliphatic heterocycles. The smallest absolute Gasteiger partial charge is 0.241 e. The lowest BCUT2D eigenvalue weighted by molar-refractivity contribution is -0.127. The summed E-state index contributed by atoms with van der Waals surface area (Å²) in [5.74, 6) is 1.59. The zero-order valence-corrected chi connectivity index (χ0v) is 18.4. The molecule has 2 aromatic heterocycles. The van der Waals surface area contributed by atoms with Crippen LogP contribution in [0.15, 0.2) is 23.7 Å². The van der Waals surface area contributed by atoms with Gasteiger partial charge in [0.05, 0.1) is 6.54 Å². The number of amides is 1. The van der Waals surface area contributed by atoms with Crippen LogP contribution in [0.5, 0.6) is 0 Å². The third kappa shape index (κ3) is 4.57. The minimum atomic E-state index is 0. The predicted molar refractivity (Wildman–Crippen MR) is 115 cm³/mol. The Labute approximate surface area is 175 Å². The third-order valence-electron chi connectivity index (χ3n) is 4.50. The first-order chi connectivity index (χ1) is 12.5. The lowest BCUT2D eigenvalue weighted by Gasteiger charge is -2.41. The number of piperazine rings is 1. The maximum absolute atomic E-state index is 11.8. The van der Waals surface area contributed by atoms with Crippen molar-refractivity contribution < 1.29 is 4.79 Å². The van der Waals surface area contributed by atoms with E-state index in [-0.39, 0.29) is 42.5 Å². The molecule has 1 aliphatic rings. The molecular formula is C16H26IN9O. The molecule has 1 saturated heterocycles. The van der Waals surface area contributed by atoms with E-state index in [2.05, 4.69) is 42.2 Å². The van der Waals surface area contributed by atoms with Gasteiger partial charge >= 0.3 is 0 Å². The summed E-state index contributed by atoms with van der Waals surface area (Å²) in [5.41, 5.74) is 0.756. The number of nitrogens with zero attached hydrogens (tertiary/aromatic N) is 8. The van der Waals surface area contributed by atoms with Crippen molar-refractivity contribution in [1.82, 2.24) is 34.7 Å². The largest absolute Gasteiger partial charge is 0.347 e. The second kappa shape index (κ2) is 9.15. The van der Waals surface area contributed by atoms with Gasteiger partial charge in [0.15, 0.2) is 11.8 Å². The number of fused-ring (bicyclic) bond motifs is 1. The lowest BCUT2D eigenvalue weighted by Crippen LogP contribution is -2.57. The highest BCUT2D eigenvalue weighted by Crippen LogP contribution is 2.21. The number of anilines is 1. The van der Waals surface area contributed by atoms with Crippen LogP contribution in [0.2, 0.25) is 0 Å². The number of guanidine groups is 1. The van der Waals surface area contributed by atoms with Crippen LogP contribution in [-0.4, -0.2) is 94.6 Å². The van der Waals surface area contributed by atoms with Crippen LogP contribution in [0, 0.1) is 0 Å². The summed E-state index contributed by atoms with van der Waals surface area (Å²) < 4.78 is 1.87. The number of aromatic nitrogens is 4. The molecule has 0 bridgehead atoms. The van der Waals surface area contributed by atoms with Crippen LogP contribution in [0.4, 0.5) is 5.82 Å². The molecule has 0 saturated carbocycles. The molecule has 1 amide bonds. The van der Waals surface area contributed by atoms with E-state index in [1.54, 1.807) is 38.6 Å². The predicted octanol–water partition coefficient (Wildman–Crippen LogP) is -0.0836. The molecule has 0 spiro atoms. The standard InChI is InChI=1S/C16H25N9O.HI/c1-12-10-23(16(17-2)19-9-13(26)22(3)4)7-8-25(12)14-15-21-20-11-24(15)6-5-18-14;/h5-6,11-12H,7-10H2,1-4H3,(H,17,19);1H. The molecule has 1 unspecified atom stereocenters. The second-order valence-electron chi connectivity index (χ2n) is 6.49. The van der Waals surface area contributed by atoms with Crippen LogP contribution >= 0.6 is 24.0 Å². The number of carbonyl (C=O) groups excluding carboxylic acids is 1. The topological polar surface area (TPSA) is 94.3 Å². The molecule has 1 fully saturated rings. The summed E-state index contributed by atoms with van der Waals surface area (Å²) in [5, 5.41) is 11.3. The summed E-state index contributed by atoms with van der Waals surface area (Å²) >= 11 is 0. The molecule has 0 aliphatic carbocycles. The van der Waals surface area contributed by atoms with Gasteiger partial charge in [-0.1, -0.05) is 0 Å². The van der Waals surface area contributed by atoms with Gasteiger partial charge in [0.1, 0.15) is 6.33 Å². The van der Waals surface area contributed by atoms with Crippen molar-refractivity contribution in [3.8, 4) is 0 Å². The molecule has 27 heavy (non-hydrogen) atoms. The van der Waals surface area contributed by atoms with Gasteiger partial charge in [-0.15, -0.1) is 34.2 Å². The highest BCUT2D eigenvalue weighted by atomic mass is 127. The van der Waals surface area contributed by atoms with Crippen molar-refractivity contribution in [3.63, 3.8) is 0 Å². The van der Waals surface area contributed by atoms with E-state index in [1.807, 2.05) is 10.6 Å². The first-order valence-corrected chi connectivity index (χ1v) is 8.58. The van der Waals surface area contributed by atoms with Crippen molar-refractivity contribution in [1.29, 1.82) is 0 Å². The average Bonchev–Trinajstić information content (AvgIpc) is 3.11. The van der Waals surface area contributed by atoms with E-state index in [0.717, 1.165) is 37.1 Å². The molecule has 2 aromatic rings. The van der Waals surface area contributed by atoms with E-state index in [9.17, 15) is 4.79 Å². The van der Waals surface area contributed by atoms with E-state index >= 15 is 0 Å². The Morgan fingerprint density at radius 2 is 2.19 bits per heavy atom. The molecule has 1 N–H and O–H groups in total. The van der Waals surface area contributed by atoms with Crippen LogP contribution in [0.1, 0.15) is 6.92 Å². The van der Waals surface area contributed by atoms with Gasteiger partial charge in [-0.3, -0.25) is 14.2 Å². The Kier molecular flexibility index (Phi) is 7.16. The number of carbonyl (C=O) groups is 1. The number of likely N-dealkylation sites (N-methyl/N-ethyl adjacent to an activating group) is 1. The Balaban J connectivity index is 0.00000261. The number of halogens is 1. The fraction of sp³-hybridized carbons (Fsp3) is 0.562. The lowest BCUT2D eigenvalue weighted by atomic mass is 10.2. The SMILES string of the molecule is CN=C(NCC(=O)N(C)C)N1CCN(c2nccn3cnnc23)C(C)C1.I. The highest BCUT2D eigenvalue weighted by molar-refractivity contribution is 14.0. The van der Waals surface area contributed by atoms with Gasteiger partial charge in [-0.05, 0) is 6.92 Å². The van der Waals surface area contributed by atoms with Crippen molar-refractivity contribution in [2.45, 2.75) is 13.0 Å². The van der Waals surface area contributed by atoms with E-state index in [1.165, 1.54) is 0 Å². The summed E-state index contributed by atoms with van der Waals surface area (Å²) in [7, 11) is 5.22. The van der Waals surface area contributed by atoms with E-state index < -0.39 is 0 Å². The quantitative estimate of drug-likeness (QED) is 0.368. The van der Waals surface area contributed by atoms with E-state index in [4.69, 9.17) is 0 Å². The molecule has 3 heterocycles. The highest BCUT2D eigenvalue weighted by Gasteiger charge is 2.28. The Bertz CT molecular complexity index is 806. The summed E-state index contributed by atoms with van der Waals surface area (Å²) in [6.45, 7) is 4.70. The number of hydrogen-bond acceptors (Lipinski definition) is 6. The molecule has 11 heteroatoms. The zero-order chi connectivity index (χ0) is 18.7. The van der Waals surface area contributed by atoms with Crippen LogP contribution in [0.25, 0.3) is 5.65 Å². The van der Waals surface area contributed by atoms with E-state index in [0.29, 0.717) is 0 Å². The molecule has 10 nitrogen and oxygen atoms in total. The fourth-order valence-electron chi connectivity index (χ4n) is 3.06. The maximum atomic E-state index is 11.8. The van der Waals surface area contributed by atoms with Gasteiger partial charge in [-0.2, -0.15) is 0 Å². The summed E-state index contributed by atoms with van der Waals surface area (Å²) in [6.07, 6.45) is 5.28. The minimum Gasteiger partial charge on any atom is -0.347 e. The van der Waals surface area contributed by atoms with Crippen molar-refractivity contribution in [2.24, 2.45) is 4.99 Å². The number of nitrogens with one attached hydrogen (secondary N) is 1. The van der Waals surface area contributed by atoms with Crippen molar-refractivity contribution >= 4 is 47.3 Å². The van der Waals surface area contributed by atoms with Gasteiger partial charge in [-0.25, -0.2) is 4.98 Å². The first-order valence-electron chi connectivity index (χ1n) is 8.58. The zero-order valence-electron chi connectivity index (χ0n) is 16.0. The van der Waals surface area contributed by atoms with Crippen LogP contribution < -0.4 is 10.2 Å². The van der Waals surface area contributed by atoms with Gasteiger partial charge in [0, 0.05) is 59.2 Å². The van der Waals surface area contributed by atoms with Crippen molar-refractivity contribution in [2.75, 3.05) is 52.2 Å². The Hall–Kier alpha value is -2.18. The third-order valence-corrected chi connectivity index (χ3v) is 4.50. The summed E-state index contributed by atoms with van der Waals surface area (Å²) in [6, 6.07) is 0.210. The minimum absolute atomic E-state index is 0. The molecule has 0 aromatic carbocycles. The number of aliphatic imine (C=N–C) groups is 1. The molecule has 148 valence electrons. The maximum Gasteiger partial charge on any atom is 0.241 e. The normalized spacial score (nSPS) is 17.6. The Morgan fingerprint density at radius 3 is 2.85 bits per heavy atom. The summed E-state index contributed by atoms with van der Waals surface area (Å²) in [4.78, 5) is 26.6. The number of hydrogen-bond donors (Lipinski definition) is 1. The van der Waals surface area contributed by atoms with Gasteiger partial charge in [0.25, 0.3) is 0 Å². The fourth-order valence-corrected chi connectivity index (χ4v) is 3.06. The number of rotatable bonds is 3. The molecule has 1 atom stereocenters. The Morgan fingerprint density at radius 1 is 1.41 bits per heavy atom.